The smallest absolute Gasteiger partial charge is 0.0143 e. The van der Waals surface area contributed by atoms with Gasteiger partial charge in [0.15, 0.2) is 0 Å². The van der Waals surface area contributed by atoms with Crippen molar-refractivity contribution in [2.24, 2.45) is 0 Å². The van der Waals surface area contributed by atoms with Crippen LogP contribution in [0.15, 0.2) is 0 Å². The zero-order valence-corrected chi connectivity index (χ0v) is 7.60. The molecule has 11 heavy (non-hydrogen) atoms. The lowest BCUT2D eigenvalue weighted by atomic mass is 10.2. The first-order valence-electron chi connectivity index (χ1n) is 4.92. The molecule has 2 nitrogen and oxygen atoms in total. The summed E-state index contributed by atoms with van der Waals surface area (Å²) in [6.07, 6.45) is 6.82. The molecule has 0 unspecified atom stereocenters. The number of hydrazine groups is 1. The molecule has 0 aromatic carbocycles. The molecule has 66 valence electrons. The summed E-state index contributed by atoms with van der Waals surface area (Å²) in [5.41, 5.74) is 3.37. The van der Waals surface area contributed by atoms with E-state index in [2.05, 4.69) is 17.4 Å². The quantitative estimate of drug-likeness (QED) is 0.610. The maximum absolute atomic E-state index is 3.37. The lowest BCUT2D eigenvalue weighted by molar-refractivity contribution is 0.247. The van der Waals surface area contributed by atoms with Gasteiger partial charge in [0.2, 0.25) is 0 Å². The molecule has 0 radical (unpaired) electrons. The average molecular weight is 156 g/mol. The Hall–Kier alpha value is -0.0800. The second-order valence-electron chi connectivity index (χ2n) is 3.31. The van der Waals surface area contributed by atoms with E-state index in [4.69, 9.17) is 0 Å². The summed E-state index contributed by atoms with van der Waals surface area (Å²) in [5, 5.41) is 2.36. The van der Waals surface area contributed by atoms with Gasteiger partial charge in [-0.15, -0.1) is 0 Å². The van der Waals surface area contributed by atoms with Gasteiger partial charge in [0.05, 0.1) is 0 Å². The van der Waals surface area contributed by atoms with Crippen molar-refractivity contribution in [1.82, 2.24) is 10.4 Å². The van der Waals surface area contributed by atoms with Gasteiger partial charge in [-0.05, 0) is 12.8 Å². The van der Waals surface area contributed by atoms with Crippen LogP contribution in [-0.2, 0) is 0 Å². The Morgan fingerprint density at radius 2 is 2.18 bits per heavy atom. The molecule has 0 aromatic heterocycles. The second-order valence-corrected chi connectivity index (χ2v) is 3.31. The Bertz CT molecular complexity index is 87.6. The molecule has 0 atom stereocenters. The second kappa shape index (κ2) is 5.56. The first kappa shape index (κ1) is 9.01. The minimum absolute atomic E-state index is 1.19. The van der Waals surface area contributed by atoms with E-state index in [0.29, 0.717) is 0 Å². The summed E-state index contributed by atoms with van der Waals surface area (Å²) in [5.74, 6) is 0. The van der Waals surface area contributed by atoms with Crippen molar-refractivity contribution < 1.29 is 0 Å². The highest BCUT2D eigenvalue weighted by atomic mass is 15.5. The molecular weight excluding hydrogens is 136 g/mol. The number of hydrogen-bond donors (Lipinski definition) is 1. The highest BCUT2D eigenvalue weighted by Gasteiger charge is 2.08. The molecule has 0 bridgehead atoms. The van der Waals surface area contributed by atoms with Crippen LogP contribution in [0.2, 0.25) is 0 Å². The molecule has 1 heterocycles. The highest BCUT2D eigenvalue weighted by Crippen LogP contribution is 2.02. The molecule has 1 N–H and O–H groups in total. The Morgan fingerprint density at radius 1 is 1.27 bits per heavy atom. The zero-order chi connectivity index (χ0) is 7.94. The molecule has 2 heteroatoms. The Morgan fingerprint density at radius 3 is 2.82 bits per heavy atom. The predicted octanol–water partition coefficient (Wildman–Crippen LogP) is 1.78. The summed E-state index contributed by atoms with van der Waals surface area (Å²) in [4.78, 5) is 0. The fourth-order valence-electron chi connectivity index (χ4n) is 1.51. The monoisotopic (exact) mass is 156 g/mol. The molecule has 1 fully saturated rings. The topological polar surface area (TPSA) is 15.3 Å². The number of rotatable bonds is 5. The van der Waals surface area contributed by atoms with Gasteiger partial charge in [-0.1, -0.05) is 26.2 Å². The largest absolute Gasteiger partial charge is 0.255 e. The van der Waals surface area contributed by atoms with Crippen LogP contribution in [-0.4, -0.2) is 24.6 Å². The molecule has 0 aromatic rings. The van der Waals surface area contributed by atoms with E-state index in [0.717, 1.165) is 0 Å². The van der Waals surface area contributed by atoms with E-state index < -0.39 is 0 Å². The zero-order valence-electron chi connectivity index (χ0n) is 7.60. The van der Waals surface area contributed by atoms with Crippen molar-refractivity contribution in [1.29, 1.82) is 0 Å². The van der Waals surface area contributed by atoms with Crippen LogP contribution in [0.4, 0.5) is 0 Å². The standard InChI is InChI=1S/C9H20N2/c1-2-3-4-5-8-11-9-6-7-10-11/h10H,2-9H2,1H3. The van der Waals surface area contributed by atoms with Gasteiger partial charge in [-0.25, -0.2) is 5.01 Å². The Kier molecular flexibility index (Phi) is 4.55. The van der Waals surface area contributed by atoms with E-state index >= 15 is 0 Å². The van der Waals surface area contributed by atoms with Crippen LogP contribution in [0.5, 0.6) is 0 Å². The normalized spacial score (nSPS) is 19.4. The van der Waals surface area contributed by atoms with E-state index in [-0.39, 0.29) is 0 Å². The molecular formula is C9H20N2. The molecule has 0 spiro atoms. The predicted molar refractivity (Wildman–Crippen MR) is 48.3 cm³/mol. The van der Waals surface area contributed by atoms with Crippen LogP contribution in [0.3, 0.4) is 0 Å². The molecule has 0 amide bonds. The van der Waals surface area contributed by atoms with Gasteiger partial charge in [-0.2, -0.15) is 0 Å². The fraction of sp³-hybridized carbons (Fsp3) is 1.00. The van der Waals surface area contributed by atoms with E-state index in [1.54, 1.807) is 0 Å². The van der Waals surface area contributed by atoms with Crippen molar-refractivity contribution in [2.45, 2.75) is 39.0 Å². The Labute approximate surface area is 69.9 Å². The van der Waals surface area contributed by atoms with Gasteiger partial charge in [-0.3, -0.25) is 5.43 Å². The van der Waals surface area contributed by atoms with Crippen molar-refractivity contribution in [3.05, 3.63) is 0 Å². The first-order chi connectivity index (χ1) is 5.43. The molecule has 1 saturated heterocycles. The molecule has 1 rings (SSSR count). The number of nitrogens with zero attached hydrogens (tertiary/aromatic N) is 1. The van der Waals surface area contributed by atoms with Crippen LogP contribution >= 0.6 is 0 Å². The summed E-state index contributed by atoms with van der Waals surface area (Å²) in [6, 6.07) is 0. The molecule has 1 aliphatic rings. The maximum Gasteiger partial charge on any atom is 0.0143 e. The van der Waals surface area contributed by atoms with Gasteiger partial charge < -0.3 is 0 Å². The lowest BCUT2D eigenvalue weighted by Gasteiger charge is -2.13. The summed E-state index contributed by atoms with van der Waals surface area (Å²) >= 11 is 0. The van der Waals surface area contributed by atoms with Crippen LogP contribution < -0.4 is 5.43 Å². The van der Waals surface area contributed by atoms with Crippen LogP contribution in [0, 0.1) is 0 Å². The summed E-state index contributed by atoms with van der Waals surface area (Å²) < 4.78 is 0. The summed E-state index contributed by atoms with van der Waals surface area (Å²) in [6.45, 7) is 5.95. The third-order valence-electron chi connectivity index (χ3n) is 2.22. The van der Waals surface area contributed by atoms with Gasteiger partial charge in [0.1, 0.15) is 0 Å². The van der Waals surface area contributed by atoms with Crippen molar-refractivity contribution in [3.8, 4) is 0 Å². The first-order valence-corrected chi connectivity index (χ1v) is 4.92. The third-order valence-corrected chi connectivity index (χ3v) is 2.22. The molecule has 1 aliphatic heterocycles. The third kappa shape index (κ3) is 3.73. The van der Waals surface area contributed by atoms with Gasteiger partial charge in [0.25, 0.3) is 0 Å². The average Bonchev–Trinajstić information content (AvgIpc) is 2.50. The molecule has 0 saturated carbocycles. The van der Waals surface area contributed by atoms with Gasteiger partial charge in [0, 0.05) is 19.6 Å². The van der Waals surface area contributed by atoms with Crippen LogP contribution in [0.1, 0.15) is 39.0 Å². The lowest BCUT2D eigenvalue weighted by Crippen LogP contribution is -2.31. The Balaban J connectivity index is 1.86. The van der Waals surface area contributed by atoms with Crippen LogP contribution in [0.25, 0.3) is 0 Å². The van der Waals surface area contributed by atoms with Crippen molar-refractivity contribution >= 4 is 0 Å². The van der Waals surface area contributed by atoms with E-state index in [1.807, 2.05) is 0 Å². The van der Waals surface area contributed by atoms with E-state index in [1.165, 1.54) is 51.7 Å². The molecule has 0 aliphatic carbocycles. The summed E-state index contributed by atoms with van der Waals surface area (Å²) in [7, 11) is 0. The van der Waals surface area contributed by atoms with Crippen molar-refractivity contribution in [2.75, 3.05) is 19.6 Å². The minimum atomic E-state index is 1.19. The number of hydrogen-bond acceptors (Lipinski definition) is 2. The van der Waals surface area contributed by atoms with E-state index in [9.17, 15) is 0 Å². The number of nitrogens with one attached hydrogen (secondary N) is 1. The number of unbranched alkanes of at least 4 members (excludes halogenated alkanes) is 3. The van der Waals surface area contributed by atoms with Gasteiger partial charge >= 0.3 is 0 Å². The fourth-order valence-corrected chi connectivity index (χ4v) is 1.51. The van der Waals surface area contributed by atoms with Crippen molar-refractivity contribution in [3.63, 3.8) is 0 Å². The minimum Gasteiger partial charge on any atom is -0.255 e. The maximum atomic E-state index is 3.37. The highest BCUT2D eigenvalue weighted by molar-refractivity contribution is 4.60. The SMILES string of the molecule is CCCCCCN1CCCN1.